The maximum atomic E-state index is 14.1. The lowest BCUT2D eigenvalue weighted by Gasteiger charge is -2.35. The number of carbonyl (C=O) groups excluding carboxylic acids is 3. The Hall–Kier alpha value is -4.55. The zero-order chi connectivity index (χ0) is 35.2. The number of hydrogen-bond donors (Lipinski definition) is 3. The Bertz CT molecular complexity index is 1790. The molecule has 2 aliphatic rings. The molecule has 3 N–H and O–H groups in total. The van der Waals surface area contributed by atoms with Gasteiger partial charge in [0.1, 0.15) is 5.75 Å². The maximum absolute atomic E-state index is 14.1. The third kappa shape index (κ3) is 7.70. The number of carboxylic acid groups (broad SMARTS) is 1. The summed E-state index contributed by atoms with van der Waals surface area (Å²) in [5.41, 5.74) is 0.157. The first-order valence-corrected chi connectivity index (χ1v) is 18.3. The highest BCUT2D eigenvalue weighted by Gasteiger charge is 2.50. The molecule has 1 aliphatic carbocycles. The van der Waals surface area contributed by atoms with Crippen LogP contribution < -0.4 is 5.32 Å². The number of nitrogens with one attached hydrogen (secondary N) is 1. The molecule has 3 aromatic rings. The van der Waals surface area contributed by atoms with Gasteiger partial charge in [0, 0.05) is 37.1 Å². The lowest BCUT2D eigenvalue weighted by Crippen LogP contribution is -2.62. The van der Waals surface area contributed by atoms with Crippen LogP contribution in [0, 0.1) is 5.92 Å². The average molecular weight is 690 g/mol. The number of phenolic OH excluding ortho intramolecular Hbond substituents is 1. The van der Waals surface area contributed by atoms with E-state index >= 15 is 0 Å². The highest BCUT2D eigenvalue weighted by Crippen LogP contribution is 2.34. The molecule has 1 unspecified atom stereocenters. The summed E-state index contributed by atoms with van der Waals surface area (Å²) in [6.07, 6.45) is 5.73. The molecule has 5 rings (SSSR count). The van der Waals surface area contributed by atoms with Crippen LogP contribution in [0.3, 0.4) is 0 Å². The average Bonchev–Trinajstić information content (AvgIpc) is 3.78. The second-order valence-corrected chi connectivity index (χ2v) is 14.6. The first-order chi connectivity index (χ1) is 23.5. The second kappa shape index (κ2) is 15.3. The van der Waals surface area contributed by atoms with Gasteiger partial charge in [-0.15, -0.1) is 0 Å². The Morgan fingerprint density at radius 1 is 0.898 bits per heavy atom. The van der Waals surface area contributed by atoms with Crippen molar-refractivity contribution < 1.29 is 37.8 Å². The fraction of sp³-hybridized carbons (Fsp3) is 0.405. The number of rotatable bonds is 13. The third-order valence-electron chi connectivity index (χ3n) is 9.51. The Morgan fingerprint density at radius 2 is 1.55 bits per heavy atom. The molecule has 1 atom stereocenters. The summed E-state index contributed by atoms with van der Waals surface area (Å²) in [5, 5.41) is 23.0. The third-order valence-corrected chi connectivity index (χ3v) is 11.3. The Morgan fingerprint density at radius 3 is 2.20 bits per heavy atom. The van der Waals surface area contributed by atoms with Crippen LogP contribution in [0.25, 0.3) is 11.1 Å². The summed E-state index contributed by atoms with van der Waals surface area (Å²) in [6, 6.07) is 18.8. The zero-order valence-electron chi connectivity index (χ0n) is 27.6. The van der Waals surface area contributed by atoms with Gasteiger partial charge >= 0.3 is 5.97 Å². The highest BCUT2D eigenvalue weighted by molar-refractivity contribution is 7.90. The minimum absolute atomic E-state index is 0.00499. The normalized spacial score (nSPS) is 18.0. The number of amides is 3. The summed E-state index contributed by atoms with van der Waals surface area (Å²) in [6.45, 7) is 2.09. The van der Waals surface area contributed by atoms with E-state index in [1.165, 1.54) is 35.2 Å². The van der Waals surface area contributed by atoms with Crippen molar-refractivity contribution in [2.24, 2.45) is 5.92 Å². The van der Waals surface area contributed by atoms with Crippen LogP contribution >= 0.6 is 0 Å². The van der Waals surface area contributed by atoms with Crippen LogP contribution in [-0.2, 0) is 31.0 Å². The van der Waals surface area contributed by atoms with Gasteiger partial charge in [0.25, 0.3) is 15.9 Å². The molecule has 3 aromatic carbocycles. The van der Waals surface area contributed by atoms with Crippen molar-refractivity contribution in [3.05, 3.63) is 83.9 Å². The molecule has 1 saturated carbocycles. The number of hydrogen-bond acceptors (Lipinski definition) is 8. The molecule has 3 amide bonds. The molecule has 12 heteroatoms. The van der Waals surface area contributed by atoms with E-state index in [0.29, 0.717) is 46.2 Å². The lowest BCUT2D eigenvalue weighted by atomic mass is 10.0. The lowest BCUT2D eigenvalue weighted by molar-refractivity contribution is -0.150. The van der Waals surface area contributed by atoms with Gasteiger partial charge in [-0.2, -0.15) is 4.31 Å². The van der Waals surface area contributed by atoms with Gasteiger partial charge in [-0.1, -0.05) is 75.1 Å². The minimum atomic E-state index is -4.53. The summed E-state index contributed by atoms with van der Waals surface area (Å²) < 4.78 is 28.6. The van der Waals surface area contributed by atoms with E-state index in [0.717, 1.165) is 25.7 Å². The molecule has 1 aliphatic heterocycles. The largest absolute Gasteiger partial charge is 0.508 e. The number of sulfonamides is 1. The first-order valence-electron chi connectivity index (χ1n) is 16.9. The van der Waals surface area contributed by atoms with Crippen molar-refractivity contribution in [2.75, 3.05) is 6.54 Å². The Kier molecular flexibility index (Phi) is 11.2. The molecule has 11 nitrogen and oxygen atoms in total. The number of aromatic hydroxyl groups is 1. The maximum Gasteiger partial charge on any atom is 0.344 e. The monoisotopic (exact) mass is 689 g/mol. The molecular formula is C37H43N3O8S. The van der Waals surface area contributed by atoms with Crippen molar-refractivity contribution in [2.45, 2.75) is 88.2 Å². The molecule has 0 bridgehead atoms. The van der Waals surface area contributed by atoms with E-state index in [2.05, 4.69) is 5.32 Å². The smallest absolute Gasteiger partial charge is 0.344 e. The number of likely N-dealkylation sites (tertiary alicyclic amines) is 1. The molecule has 1 saturated heterocycles. The summed E-state index contributed by atoms with van der Waals surface area (Å²) in [5.74, 6) is -2.76. The van der Waals surface area contributed by atoms with Gasteiger partial charge in [0.15, 0.2) is 5.66 Å². The van der Waals surface area contributed by atoms with E-state index in [9.17, 15) is 37.8 Å². The van der Waals surface area contributed by atoms with Crippen LogP contribution in [0.5, 0.6) is 5.75 Å². The van der Waals surface area contributed by atoms with Gasteiger partial charge in [0.2, 0.25) is 11.8 Å². The highest BCUT2D eigenvalue weighted by atomic mass is 32.2. The molecular weight excluding hydrogens is 646 g/mol. The van der Waals surface area contributed by atoms with Crippen LogP contribution in [0.4, 0.5) is 0 Å². The summed E-state index contributed by atoms with van der Waals surface area (Å²) in [7, 11) is -4.53. The standard InChI is InChI=1S/C37H43N3O8S/c1-2-8-33(42)40(34(43)22-15-26-9-3-4-10-26)49(47,48)32-12-6-5-11-31(32)28-16-13-27(14-17-28)25-38-37(36(45)46)23-7-24-39(37)35(44)29-18-20-30(41)21-19-29/h5-6,11-14,16-21,26,38,41H,2-4,7-10,15,22-25H2,1H3,(H,45,46). The number of phenols is 1. The number of nitrogens with zero attached hydrogens (tertiary/aromatic N) is 2. The fourth-order valence-electron chi connectivity index (χ4n) is 6.86. The molecule has 0 radical (unpaired) electrons. The molecule has 0 aromatic heterocycles. The summed E-state index contributed by atoms with van der Waals surface area (Å²) in [4.78, 5) is 53.6. The van der Waals surface area contributed by atoms with Crippen molar-refractivity contribution in [1.29, 1.82) is 0 Å². The predicted molar refractivity (Wildman–Crippen MR) is 183 cm³/mol. The minimum Gasteiger partial charge on any atom is -0.508 e. The fourth-order valence-corrected chi connectivity index (χ4v) is 8.49. The number of carboxylic acids is 1. The van der Waals surface area contributed by atoms with Crippen molar-refractivity contribution >= 4 is 33.7 Å². The van der Waals surface area contributed by atoms with E-state index < -0.39 is 39.4 Å². The molecule has 49 heavy (non-hydrogen) atoms. The van der Waals surface area contributed by atoms with Crippen LogP contribution in [0.1, 0.15) is 87.1 Å². The van der Waals surface area contributed by atoms with Crippen LogP contribution in [-0.4, -0.2) is 63.7 Å². The number of aliphatic carboxylic acids is 1. The summed E-state index contributed by atoms with van der Waals surface area (Å²) >= 11 is 0. The van der Waals surface area contributed by atoms with Crippen molar-refractivity contribution in [1.82, 2.24) is 14.5 Å². The predicted octanol–water partition coefficient (Wildman–Crippen LogP) is 5.68. The van der Waals surface area contributed by atoms with E-state index in [1.54, 1.807) is 49.4 Å². The topological polar surface area (TPSA) is 161 Å². The van der Waals surface area contributed by atoms with Gasteiger partial charge in [-0.05, 0) is 73.1 Å². The second-order valence-electron chi connectivity index (χ2n) is 12.8. The molecule has 0 spiro atoms. The van der Waals surface area contributed by atoms with Gasteiger partial charge in [0.05, 0.1) is 4.90 Å². The quantitative estimate of drug-likeness (QED) is 0.205. The first kappa shape index (κ1) is 35.7. The molecule has 260 valence electrons. The molecule has 2 fully saturated rings. The molecule has 1 heterocycles. The van der Waals surface area contributed by atoms with Crippen LogP contribution in [0.15, 0.2) is 77.7 Å². The Labute approximate surface area is 287 Å². The zero-order valence-corrected chi connectivity index (χ0v) is 28.5. The number of benzene rings is 3. The van der Waals surface area contributed by atoms with Gasteiger partial charge < -0.3 is 15.1 Å². The van der Waals surface area contributed by atoms with Crippen molar-refractivity contribution in [3.63, 3.8) is 0 Å². The number of imide groups is 1. The SMILES string of the molecule is CCCC(=O)N(C(=O)CCC1CCCC1)S(=O)(=O)c1ccccc1-c1ccc(CNC2(C(=O)O)CCCN2C(=O)c2ccc(O)cc2)cc1. The van der Waals surface area contributed by atoms with E-state index in [-0.39, 0.29) is 48.6 Å². The van der Waals surface area contributed by atoms with E-state index in [4.69, 9.17) is 0 Å². The van der Waals surface area contributed by atoms with Crippen molar-refractivity contribution in [3.8, 4) is 16.9 Å². The van der Waals surface area contributed by atoms with Gasteiger partial charge in [-0.25, -0.2) is 13.2 Å². The van der Waals surface area contributed by atoms with Crippen LogP contribution in [0.2, 0.25) is 0 Å². The van der Waals surface area contributed by atoms with E-state index in [1.807, 2.05) is 0 Å². The Balaban J connectivity index is 1.36. The van der Waals surface area contributed by atoms with Gasteiger partial charge in [-0.3, -0.25) is 19.7 Å². The number of carbonyl (C=O) groups is 4.